The Balaban J connectivity index is 1.56. The van der Waals surface area contributed by atoms with Crippen molar-refractivity contribution in [2.24, 2.45) is 7.05 Å². The Kier molecular flexibility index (Phi) is 5.77. The third-order valence-electron chi connectivity index (χ3n) is 6.70. The summed E-state index contributed by atoms with van der Waals surface area (Å²) in [4.78, 5) is 38.5. The number of hydrogen-bond donors (Lipinski definition) is 2. The van der Waals surface area contributed by atoms with Gasteiger partial charge in [0.2, 0.25) is 5.95 Å². The number of pyridine rings is 1. The van der Waals surface area contributed by atoms with Gasteiger partial charge >= 0.3 is 5.97 Å². The Morgan fingerprint density at radius 3 is 2.46 bits per heavy atom. The van der Waals surface area contributed by atoms with Gasteiger partial charge in [-0.25, -0.2) is 14.8 Å². The molecular formula is C25H27ClN6O3. The highest BCUT2D eigenvalue weighted by molar-refractivity contribution is 6.29. The van der Waals surface area contributed by atoms with Crippen molar-refractivity contribution in [1.82, 2.24) is 19.4 Å². The zero-order chi connectivity index (χ0) is 25.0. The van der Waals surface area contributed by atoms with E-state index >= 15 is 0 Å². The van der Waals surface area contributed by atoms with Crippen molar-refractivity contribution in [1.29, 1.82) is 0 Å². The smallest absolute Gasteiger partial charge is 0.356 e. The summed E-state index contributed by atoms with van der Waals surface area (Å²) >= 11 is 5.91. The standard InChI is InChI=1S/C25H27ClN6O3/c1-13-7-17(14(2)27-19-5-6-20(26)28-22(19)24(34)35)21-18(8-13)23(33)31(4)25(29-21)32-11-15-9-30(3)10-16(15)12-32/h5-8,14,27H,9-12H2,1-4H3,(H,34,35)/t14-/m1/s1. The molecule has 9 nitrogen and oxygen atoms in total. The second kappa shape index (κ2) is 8.66. The number of halogens is 1. The number of aromatic carboxylic acids is 1. The average Bonchev–Trinajstić information content (AvgIpc) is 3.34. The number of nitrogens with zero attached hydrogens (tertiary/aromatic N) is 5. The molecule has 2 aromatic heterocycles. The number of likely N-dealkylation sites (N-methyl/N-ethyl adjacent to an activating group) is 1. The molecule has 35 heavy (non-hydrogen) atoms. The summed E-state index contributed by atoms with van der Waals surface area (Å²) in [5.74, 6) is -0.540. The Morgan fingerprint density at radius 2 is 1.80 bits per heavy atom. The molecule has 3 aromatic rings. The van der Waals surface area contributed by atoms with Crippen molar-refractivity contribution in [3.63, 3.8) is 0 Å². The van der Waals surface area contributed by atoms with Gasteiger partial charge in [-0.3, -0.25) is 14.3 Å². The van der Waals surface area contributed by atoms with E-state index in [-0.39, 0.29) is 22.4 Å². The van der Waals surface area contributed by atoms with Gasteiger partial charge in [0.1, 0.15) is 5.15 Å². The van der Waals surface area contributed by atoms with E-state index in [1.807, 2.05) is 26.0 Å². The molecule has 1 atom stereocenters. The first kappa shape index (κ1) is 23.3. The number of carbonyl (C=O) groups is 1. The second-order valence-electron chi connectivity index (χ2n) is 9.46. The molecular weight excluding hydrogens is 468 g/mol. The summed E-state index contributed by atoms with van der Waals surface area (Å²) < 4.78 is 1.63. The molecule has 2 aliphatic heterocycles. The number of benzene rings is 1. The Bertz CT molecular complexity index is 1450. The molecule has 0 saturated carbocycles. The zero-order valence-corrected chi connectivity index (χ0v) is 20.8. The number of nitrogens with one attached hydrogen (secondary N) is 1. The van der Waals surface area contributed by atoms with Crippen LogP contribution in [0.2, 0.25) is 5.15 Å². The molecule has 0 spiro atoms. The van der Waals surface area contributed by atoms with E-state index in [4.69, 9.17) is 16.6 Å². The molecule has 182 valence electrons. The van der Waals surface area contributed by atoms with Crippen LogP contribution in [0.4, 0.5) is 11.6 Å². The van der Waals surface area contributed by atoms with Crippen molar-refractivity contribution in [3.8, 4) is 0 Å². The number of fused-ring (bicyclic) bond motifs is 1. The van der Waals surface area contributed by atoms with Crippen LogP contribution >= 0.6 is 11.6 Å². The van der Waals surface area contributed by atoms with Crippen molar-refractivity contribution < 1.29 is 9.90 Å². The molecule has 2 N–H and O–H groups in total. The van der Waals surface area contributed by atoms with Gasteiger partial charge in [-0.1, -0.05) is 17.7 Å². The minimum Gasteiger partial charge on any atom is -0.476 e. The molecule has 4 heterocycles. The van der Waals surface area contributed by atoms with Gasteiger partial charge in [0.05, 0.1) is 22.6 Å². The van der Waals surface area contributed by atoms with Crippen molar-refractivity contribution in [2.45, 2.75) is 19.9 Å². The van der Waals surface area contributed by atoms with Crippen molar-refractivity contribution in [2.75, 3.05) is 43.4 Å². The molecule has 1 aromatic carbocycles. The number of aromatic nitrogens is 3. The van der Waals surface area contributed by atoms with Crippen LogP contribution in [-0.4, -0.2) is 63.7 Å². The van der Waals surface area contributed by atoms with E-state index < -0.39 is 5.97 Å². The topological polar surface area (TPSA) is 104 Å². The van der Waals surface area contributed by atoms with Gasteiger partial charge in [0, 0.05) is 38.8 Å². The van der Waals surface area contributed by atoms with E-state index in [9.17, 15) is 14.7 Å². The molecule has 2 aliphatic rings. The minimum absolute atomic E-state index is 0.105. The zero-order valence-electron chi connectivity index (χ0n) is 20.1. The fourth-order valence-corrected chi connectivity index (χ4v) is 5.24. The summed E-state index contributed by atoms with van der Waals surface area (Å²) in [7, 11) is 3.88. The van der Waals surface area contributed by atoms with Gasteiger partial charge in [-0.15, -0.1) is 0 Å². The van der Waals surface area contributed by atoms with Crippen LogP contribution in [-0.2, 0) is 7.05 Å². The van der Waals surface area contributed by atoms with Gasteiger partial charge < -0.3 is 15.3 Å². The highest BCUT2D eigenvalue weighted by atomic mass is 35.5. The normalized spacial score (nSPS) is 16.8. The van der Waals surface area contributed by atoms with E-state index in [0.717, 1.165) is 37.3 Å². The molecule has 5 rings (SSSR count). The number of aryl methyl sites for hydroxylation is 1. The SMILES string of the molecule is Cc1cc([C@@H](C)Nc2ccc(Cl)nc2C(=O)O)c2nc(N3CC4=C(CN(C)C4)C3)n(C)c(=O)c2c1. The van der Waals surface area contributed by atoms with Crippen LogP contribution in [0.1, 0.15) is 34.6 Å². The van der Waals surface area contributed by atoms with Crippen LogP contribution in [0.3, 0.4) is 0 Å². The van der Waals surface area contributed by atoms with Gasteiger partial charge in [0.25, 0.3) is 5.56 Å². The Labute approximate surface area is 207 Å². The Morgan fingerprint density at radius 1 is 1.11 bits per heavy atom. The predicted octanol–water partition coefficient (Wildman–Crippen LogP) is 3.22. The number of carboxylic acids is 1. The van der Waals surface area contributed by atoms with Crippen LogP contribution in [0, 0.1) is 6.92 Å². The summed E-state index contributed by atoms with van der Waals surface area (Å²) in [5.41, 5.74) is 5.22. The van der Waals surface area contributed by atoms with E-state index in [2.05, 4.69) is 27.1 Å². The Hall–Kier alpha value is -3.43. The third-order valence-corrected chi connectivity index (χ3v) is 6.91. The molecule has 0 unspecified atom stereocenters. The number of rotatable bonds is 5. The molecule has 0 bridgehead atoms. The maximum absolute atomic E-state index is 13.4. The lowest BCUT2D eigenvalue weighted by atomic mass is 10.0. The summed E-state index contributed by atoms with van der Waals surface area (Å²) in [5, 5.41) is 13.4. The molecule has 10 heteroatoms. The monoisotopic (exact) mass is 494 g/mol. The lowest BCUT2D eigenvalue weighted by molar-refractivity contribution is 0.0691. The highest BCUT2D eigenvalue weighted by Crippen LogP contribution is 2.31. The maximum Gasteiger partial charge on any atom is 0.356 e. The largest absolute Gasteiger partial charge is 0.476 e. The molecule has 0 radical (unpaired) electrons. The van der Waals surface area contributed by atoms with Gasteiger partial charge in [-0.2, -0.15) is 0 Å². The van der Waals surface area contributed by atoms with E-state index in [1.165, 1.54) is 11.1 Å². The average molecular weight is 495 g/mol. The van der Waals surface area contributed by atoms with Crippen molar-refractivity contribution >= 4 is 40.1 Å². The van der Waals surface area contributed by atoms with Crippen LogP contribution in [0.5, 0.6) is 0 Å². The first-order chi connectivity index (χ1) is 16.6. The lowest BCUT2D eigenvalue weighted by Gasteiger charge is -2.25. The second-order valence-corrected chi connectivity index (χ2v) is 9.85. The molecule has 0 aliphatic carbocycles. The van der Waals surface area contributed by atoms with Crippen LogP contribution < -0.4 is 15.8 Å². The van der Waals surface area contributed by atoms with Gasteiger partial charge in [0.15, 0.2) is 5.69 Å². The minimum atomic E-state index is -1.18. The molecule has 0 saturated heterocycles. The first-order valence-corrected chi connectivity index (χ1v) is 11.8. The van der Waals surface area contributed by atoms with Crippen LogP contribution in [0.15, 0.2) is 40.2 Å². The maximum atomic E-state index is 13.4. The quantitative estimate of drug-likeness (QED) is 0.411. The predicted molar refractivity (Wildman–Crippen MR) is 137 cm³/mol. The lowest BCUT2D eigenvalue weighted by Crippen LogP contribution is -2.33. The fraction of sp³-hybridized carbons (Fsp3) is 0.360. The van der Waals surface area contributed by atoms with E-state index in [1.54, 1.807) is 23.7 Å². The highest BCUT2D eigenvalue weighted by Gasteiger charge is 2.30. The van der Waals surface area contributed by atoms with Gasteiger partial charge in [-0.05, 0) is 55.8 Å². The third kappa shape index (κ3) is 4.15. The number of anilines is 2. The summed E-state index contributed by atoms with van der Waals surface area (Å²) in [6, 6.07) is 6.63. The van der Waals surface area contributed by atoms with Crippen LogP contribution in [0.25, 0.3) is 10.9 Å². The fourth-order valence-electron chi connectivity index (χ4n) is 5.09. The van der Waals surface area contributed by atoms with Crippen molar-refractivity contribution in [3.05, 3.63) is 67.7 Å². The summed E-state index contributed by atoms with van der Waals surface area (Å²) in [6.07, 6.45) is 0. The summed E-state index contributed by atoms with van der Waals surface area (Å²) in [6.45, 7) is 7.26. The number of carboxylic acid groups (broad SMARTS) is 1. The first-order valence-electron chi connectivity index (χ1n) is 11.4. The number of hydrogen-bond acceptors (Lipinski definition) is 7. The molecule has 0 amide bonds. The molecule has 0 fully saturated rings. The van der Waals surface area contributed by atoms with E-state index in [0.29, 0.717) is 22.5 Å².